The SMILES string of the molecule is O=C(OCc1cc(OCc2cc(OCc3ccccc3)cc(OCc3ccccc3)c2)cc(OCc2cc(OCc3ccccc3)cc(OCc3ccccc3)c2)c1)C1C=CC=C1. The van der Waals surface area contributed by atoms with E-state index in [-0.39, 0.29) is 25.8 Å². The summed E-state index contributed by atoms with van der Waals surface area (Å²) in [4.78, 5) is 12.9. The van der Waals surface area contributed by atoms with Crippen molar-refractivity contribution in [3.05, 3.63) is 239 Å². The van der Waals surface area contributed by atoms with Gasteiger partial charge in [-0.2, -0.15) is 0 Å². The summed E-state index contributed by atoms with van der Waals surface area (Å²) in [7, 11) is 0. The van der Waals surface area contributed by atoms with Crippen LogP contribution >= 0.6 is 0 Å². The molecule has 0 spiro atoms. The third-order valence-electron chi connectivity index (χ3n) is 10.0. The van der Waals surface area contributed by atoms with Gasteiger partial charge in [-0.15, -0.1) is 0 Å². The quantitative estimate of drug-likeness (QED) is 0.0662. The number of allylic oxidation sites excluding steroid dienone is 2. The molecule has 1 aliphatic carbocycles. The first-order valence-corrected chi connectivity index (χ1v) is 20.9. The van der Waals surface area contributed by atoms with Crippen LogP contribution in [0.5, 0.6) is 34.5 Å². The first-order chi connectivity index (χ1) is 31.1. The van der Waals surface area contributed by atoms with Gasteiger partial charge in [0.15, 0.2) is 0 Å². The monoisotopic (exact) mass is 836 g/mol. The highest BCUT2D eigenvalue weighted by molar-refractivity contribution is 5.77. The average molecular weight is 837 g/mol. The molecule has 0 aliphatic heterocycles. The number of hydrogen-bond donors (Lipinski definition) is 0. The Morgan fingerprint density at radius 2 is 0.571 bits per heavy atom. The van der Waals surface area contributed by atoms with Gasteiger partial charge in [0.1, 0.15) is 80.7 Å². The lowest BCUT2D eigenvalue weighted by Crippen LogP contribution is -2.12. The molecule has 8 heteroatoms. The number of ether oxygens (including phenoxy) is 7. The lowest BCUT2D eigenvalue weighted by molar-refractivity contribution is -0.146. The minimum absolute atomic E-state index is 0.0329. The molecule has 0 saturated carbocycles. The summed E-state index contributed by atoms with van der Waals surface area (Å²) in [6, 6.07) is 57.2. The van der Waals surface area contributed by atoms with Crippen LogP contribution in [-0.4, -0.2) is 5.97 Å². The maximum atomic E-state index is 12.9. The molecule has 316 valence electrons. The van der Waals surface area contributed by atoms with Crippen molar-refractivity contribution >= 4 is 5.97 Å². The smallest absolute Gasteiger partial charge is 0.317 e. The number of rotatable bonds is 21. The van der Waals surface area contributed by atoms with E-state index >= 15 is 0 Å². The maximum Gasteiger partial charge on any atom is 0.317 e. The molecule has 0 fully saturated rings. The first-order valence-electron chi connectivity index (χ1n) is 20.9. The zero-order valence-electron chi connectivity index (χ0n) is 34.8. The zero-order chi connectivity index (χ0) is 42.9. The molecule has 0 radical (unpaired) electrons. The van der Waals surface area contributed by atoms with E-state index in [0.29, 0.717) is 66.5 Å². The summed E-state index contributed by atoms with van der Waals surface area (Å²) in [6.07, 6.45) is 7.29. The van der Waals surface area contributed by atoms with Gasteiger partial charge < -0.3 is 33.2 Å². The summed E-state index contributed by atoms with van der Waals surface area (Å²) < 4.78 is 43.7. The van der Waals surface area contributed by atoms with E-state index in [1.54, 1.807) is 12.2 Å². The lowest BCUT2D eigenvalue weighted by atomic mass is 10.1. The number of benzene rings is 7. The van der Waals surface area contributed by atoms with E-state index in [1.165, 1.54) is 0 Å². The number of hydrogen-bond acceptors (Lipinski definition) is 8. The molecule has 0 aromatic heterocycles. The van der Waals surface area contributed by atoms with E-state index in [0.717, 1.165) is 33.4 Å². The van der Waals surface area contributed by atoms with Crippen molar-refractivity contribution in [1.29, 1.82) is 0 Å². The first kappa shape index (κ1) is 42.0. The molecule has 8 nitrogen and oxygen atoms in total. The Hall–Kier alpha value is -7.71. The Balaban J connectivity index is 1.01. The third-order valence-corrected chi connectivity index (χ3v) is 10.0. The standard InChI is InChI=1S/C55H48O8/c56-55(48-23-13-14-24-48)63-40-47-29-53(61-38-45-25-49(57-34-41-15-5-1-6-16-41)31-50(26-45)58-35-42-17-7-2-8-18-42)33-54(30-47)62-39-46-27-51(59-36-43-19-9-3-10-20-43)32-52(28-46)60-37-44-21-11-4-12-22-44/h1-33,48H,34-40H2. The fourth-order valence-electron chi connectivity index (χ4n) is 6.78. The van der Waals surface area contributed by atoms with Crippen molar-refractivity contribution in [2.24, 2.45) is 5.92 Å². The molecule has 1 aliphatic rings. The highest BCUT2D eigenvalue weighted by Crippen LogP contribution is 2.31. The summed E-state index contributed by atoms with van der Waals surface area (Å²) in [5, 5.41) is 0. The molecule has 0 saturated heterocycles. The summed E-state index contributed by atoms with van der Waals surface area (Å²) in [5.41, 5.74) is 6.62. The summed E-state index contributed by atoms with van der Waals surface area (Å²) in [6.45, 7) is 2.05. The minimum Gasteiger partial charge on any atom is -0.489 e. The van der Waals surface area contributed by atoms with Crippen molar-refractivity contribution < 1.29 is 38.0 Å². The molecule has 0 atom stereocenters. The molecule has 0 N–H and O–H groups in total. The van der Waals surface area contributed by atoms with Gasteiger partial charge in [-0.25, -0.2) is 0 Å². The van der Waals surface area contributed by atoms with Crippen molar-refractivity contribution in [1.82, 2.24) is 0 Å². The van der Waals surface area contributed by atoms with Crippen molar-refractivity contribution in [2.45, 2.75) is 46.2 Å². The Bertz CT molecular complexity index is 2300. The van der Waals surface area contributed by atoms with Crippen LogP contribution in [0.3, 0.4) is 0 Å². The lowest BCUT2D eigenvalue weighted by Gasteiger charge is -2.16. The van der Waals surface area contributed by atoms with Crippen LogP contribution in [0.4, 0.5) is 0 Å². The van der Waals surface area contributed by atoms with Gasteiger partial charge in [0.2, 0.25) is 0 Å². The molecular weight excluding hydrogens is 789 g/mol. The molecule has 0 bridgehead atoms. The summed E-state index contributed by atoms with van der Waals surface area (Å²) >= 11 is 0. The number of esters is 1. The molecule has 63 heavy (non-hydrogen) atoms. The Kier molecular flexibility index (Phi) is 14.5. The fraction of sp³-hybridized carbons (Fsp3) is 0.145. The van der Waals surface area contributed by atoms with Gasteiger partial charge in [0, 0.05) is 18.2 Å². The van der Waals surface area contributed by atoms with Crippen molar-refractivity contribution in [2.75, 3.05) is 0 Å². The van der Waals surface area contributed by atoms with Gasteiger partial charge >= 0.3 is 5.97 Å². The second kappa shape index (κ2) is 21.7. The van der Waals surface area contributed by atoms with Crippen molar-refractivity contribution in [3.63, 3.8) is 0 Å². The van der Waals surface area contributed by atoms with E-state index < -0.39 is 5.92 Å². The summed E-state index contributed by atoms with van der Waals surface area (Å²) in [5.74, 6) is 2.95. The van der Waals surface area contributed by atoms with Crippen LogP contribution in [-0.2, 0) is 55.8 Å². The molecule has 0 amide bonds. The minimum atomic E-state index is -0.412. The van der Waals surface area contributed by atoms with Crippen LogP contribution in [0.1, 0.15) is 38.9 Å². The predicted molar refractivity (Wildman–Crippen MR) is 243 cm³/mol. The molecule has 0 unspecified atom stereocenters. The largest absolute Gasteiger partial charge is 0.489 e. The molecule has 7 aromatic carbocycles. The van der Waals surface area contributed by atoms with E-state index in [4.69, 9.17) is 33.2 Å². The van der Waals surface area contributed by atoms with Gasteiger partial charge in [-0.3, -0.25) is 4.79 Å². The number of carbonyl (C=O) groups excluding carboxylic acids is 1. The van der Waals surface area contributed by atoms with Gasteiger partial charge in [-0.05, 0) is 75.3 Å². The average Bonchev–Trinajstić information content (AvgIpc) is 3.89. The maximum absolute atomic E-state index is 12.9. The second-order valence-corrected chi connectivity index (χ2v) is 15.0. The molecule has 8 rings (SSSR count). The highest BCUT2D eigenvalue weighted by Gasteiger charge is 2.17. The number of carbonyl (C=O) groups is 1. The second-order valence-electron chi connectivity index (χ2n) is 15.0. The molecule has 0 heterocycles. The Labute approximate surface area is 368 Å². The van der Waals surface area contributed by atoms with E-state index in [9.17, 15) is 4.79 Å². The van der Waals surface area contributed by atoms with Gasteiger partial charge in [-0.1, -0.05) is 146 Å². The van der Waals surface area contributed by atoms with E-state index in [2.05, 4.69) is 0 Å². The Morgan fingerprint density at radius 1 is 0.317 bits per heavy atom. The van der Waals surface area contributed by atoms with Gasteiger partial charge in [0.05, 0.1) is 5.92 Å². The molecular formula is C55H48O8. The topological polar surface area (TPSA) is 81.7 Å². The van der Waals surface area contributed by atoms with Crippen LogP contribution in [0.15, 0.2) is 200 Å². The normalized spacial score (nSPS) is 11.8. The predicted octanol–water partition coefficient (Wildman–Crippen LogP) is 11.9. The van der Waals surface area contributed by atoms with Gasteiger partial charge in [0.25, 0.3) is 0 Å². The van der Waals surface area contributed by atoms with Crippen LogP contribution in [0.25, 0.3) is 0 Å². The Morgan fingerprint density at radius 3 is 0.857 bits per heavy atom. The molecule has 7 aromatic rings. The van der Waals surface area contributed by atoms with Crippen molar-refractivity contribution in [3.8, 4) is 34.5 Å². The fourth-order valence-corrected chi connectivity index (χ4v) is 6.78. The zero-order valence-corrected chi connectivity index (χ0v) is 34.8. The van der Waals surface area contributed by atoms with Crippen LogP contribution in [0.2, 0.25) is 0 Å². The van der Waals surface area contributed by atoms with Crippen LogP contribution < -0.4 is 28.4 Å². The van der Waals surface area contributed by atoms with E-state index in [1.807, 2.05) is 188 Å². The van der Waals surface area contributed by atoms with Crippen LogP contribution in [0, 0.1) is 5.92 Å². The third kappa shape index (κ3) is 13.1. The highest BCUT2D eigenvalue weighted by atomic mass is 16.5.